The van der Waals surface area contributed by atoms with Crippen LogP contribution in [0.2, 0.25) is 0 Å². The molecular formula is C33H66NO4+. The Kier molecular flexibility index (Phi) is 21.6. The van der Waals surface area contributed by atoms with Crippen molar-refractivity contribution in [3.05, 3.63) is 0 Å². The van der Waals surface area contributed by atoms with E-state index in [1.54, 1.807) is 0 Å². The van der Waals surface area contributed by atoms with Crippen LogP contribution in [-0.4, -0.2) is 55.2 Å². The van der Waals surface area contributed by atoms with Gasteiger partial charge < -0.3 is 14.3 Å². The zero-order chi connectivity index (χ0) is 30.8. The zero-order valence-electron chi connectivity index (χ0n) is 28.6. The normalized spacial score (nSPS) is 14.0. The monoisotopic (exact) mass is 544 g/mol. The third-order valence-electron chi connectivity index (χ3n) is 7.34. The fourth-order valence-electron chi connectivity index (χ4n) is 5.15. The van der Waals surface area contributed by atoms with Gasteiger partial charge in [0.25, 0.3) is 0 Å². The van der Waals surface area contributed by atoms with Crippen molar-refractivity contribution >= 4 is 11.9 Å². The highest BCUT2D eigenvalue weighted by Crippen LogP contribution is 2.16. The molecule has 0 aromatic rings. The molecule has 0 aliphatic heterocycles. The lowest BCUT2D eigenvalue weighted by Gasteiger charge is -2.28. The molecule has 0 saturated heterocycles. The first kappa shape index (κ1) is 31.4. The van der Waals surface area contributed by atoms with Crippen LogP contribution >= 0.6 is 0 Å². The van der Waals surface area contributed by atoms with Crippen LogP contribution in [0.25, 0.3) is 0 Å². The number of hydrogen-bond acceptors (Lipinski definition) is 3. The number of nitrogens with zero attached hydrogens (tertiary/aromatic N) is 1. The van der Waals surface area contributed by atoms with E-state index in [4.69, 9.17) is 14.0 Å². The maximum atomic E-state index is 12.2. The van der Waals surface area contributed by atoms with E-state index in [0.29, 0.717) is 0 Å². The molecule has 0 fully saturated rings. The number of rotatable bonds is 29. The molecule has 0 saturated carbocycles. The Hall–Kier alpha value is -1.10. The highest BCUT2D eigenvalue weighted by atomic mass is 16.5. The largest absolute Gasteiger partial charge is 0.481 e. The van der Waals surface area contributed by atoms with Crippen molar-refractivity contribution in [2.24, 2.45) is 0 Å². The smallest absolute Gasteiger partial charge is 0.307 e. The lowest BCUT2D eigenvalue weighted by molar-refractivity contribution is -0.873. The molecule has 1 atom stereocenters. The quantitative estimate of drug-likeness (QED) is 0.0579. The standard InChI is InChI=1S/C33H65NO4/c1-5-6-7-8-9-10-11-12-13-14-15-16-17-18-19-20-21-22-23-24-25-26-27-28-33(37)38-31(29-32(35)36)30-34(2,3)4/h31H,5-30H2,1-4H3/p+1/i2D3. The van der Waals surface area contributed by atoms with E-state index >= 15 is 0 Å². The number of carboxylic acid groups (broad SMARTS) is 1. The van der Waals surface area contributed by atoms with Gasteiger partial charge in [-0.15, -0.1) is 0 Å². The van der Waals surface area contributed by atoms with Crippen molar-refractivity contribution in [1.82, 2.24) is 0 Å². The van der Waals surface area contributed by atoms with E-state index in [2.05, 4.69) is 6.92 Å². The van der Waals surface area contributed by atoms with Gasteiger partial charge in [0.2, 0.25) is 0 Å². The summed E-state index contributed by atoms with van der Waals surface area (Å²) in [4.78, 5) is 23.4. The molecule has 5 nitrogen and oxygen atoms in total. The van der Waals surface area contributed by atoms with Crippen LogP contribution < -0.4 is 0 Å². The molecule has 226 valence electrons. The number of unbranched alkanes of at least 4 members (excludes halogenated alkanes) is 22. The van der Waals surface area contributed by atoms with Gasteiger partial charge in [-0.1, -0.05) is 148 Å². The number of hydrogen-bond donors (Lipinski definition) is 1. The van der Waals surface area contributed by atoms with Gasteiger partial charge in [0.15, 0.2) is 6.10 Å². The van der Waals surface area contributed by atoms with Crippen LogP contribution in [0.15, 0.2) is 0 Å². The fraction of sp³-hybridized carbons (Fsp3) is 0.939. The van der Waals surface area contributed by atoms with Crippen LogP contribution in [-0.2, 0) is 14.3 Å². The summed E-state index contributed by atoms with van der Waals surface area (Å²) in [5.41, 5.74) is 0. The predicted molar refractivity (Wildman–Crippen MR) is 162 cm³/mol. The topological polar surface area (TPSA) is 63.6 Å². The zero-order valence-corrected chi connectivity index (χ0v) is 25.6. The Morgan fingerprint density at radius 1 is 0.658 bits per heavy atom. The Morgan fingerprint density at radius 3 is 1.32 bits per heavy atom. The summed E-state index contributed by atoms with van der Waals surface area (Å²) in [6.07, 6.45) is 29.2. The van der Waals surface area contributed by atoms with E-state index < -0.39 is 29.5 Å². The molecule has 0 amide bonds. The summed E-state index contributed by atoms with van der Waals surface area (Å²) in [7, 11) is 2.99. The molecule has 0 radical (unpaired) electrons. The Labute approximate surface area is 241 Å². The van der Waals surface area contributed by atoms with E-state index in [9.17, 15) is 9.59 Å². The lowest BCUT2D eigenvalue weighted by atomic mass is 10.0. The number of aliphatic carboxylic acids is 1. The van der Waals surface area contributed by atoms with Gasteiger partial charge in [0.1, 0.15) is 6.54 Å². The molecule has 1 unspecified atom stereocenters. The van der Waals surface area contributed by atoms with Crippen LogP contribution in [0.4, 0.5) is 0 Å². The summed E-state index contributed by atoms with van der Waals surface area (Å²) in [5, 5.41) is 9.12. The van der Waals surface area contributed by atoms with Gasteiger partial charge in [-0.05, 0) is 6.42 Å². The number of carboxylic acids is 1. The Bertz CT molecular complexity index is 640. The van der Waals surface area contributed by atoms with Crippen molar-refractivity contribution in [3.8, 4) is 0 Å². The van der Waals surface area contributed by atoms with E-state index in [-0.39, 0.29) is 19.4 Å². The van der Waals surface area contributed by atoms with Crippen LogP contribution in [0, 0.1) is 0 Å². The van der Waals surface area contributed by atoms with Gasteiger partial charge in [0.05, 0.1) is 31.6 Å². The lowest BCUT2D eigenvalue weighted by Crippen LogP contribution is -2.43. The summed E-state index contributed by atoms with van der Waals surface area (Å²) in [6.45, 7) is -0.0919. The van der Waals surface area contributed by atoms with Crippen molar-refractivity contribution < 1.29 is 28.0 Å². The molecule has 0 aromatic heterocycles. The summed E-state index contributed by atoms with van der Waals surface area (Å²) in [6, 6.07) is 0. The molecule has 0 aliphatic carbocycles. The predicted octanol–water partition coefficient (Wildman–Crippen LogP) is 9.46. The number of esters is 1. The molecule has 5 heteroatoms. The number of carbonyl (C=O) groups excluding carboxylic acids is 1. The first-order valence-corrected chi connectivity index (χ1v) is 16.2. The molecule has 0 aliphatic rings. The summed E-state index contributed by atoms with van der Waals surface area (Å²) < 4.78 is 27.8. The second kappa shape index (κ2) is 26.1. The van der Waals surface area contributed by atoms with Crippen LogP contribution in [0.3, 0.4) is 0 Å². The number of likely N-dealkylation sites (N-methyl/N-ethyl adjacent to an activating group) is 1. The van der Waals surface area contributed by atoms with Gasteiger partial charge in [-0.3, -0.25) is 9.59 Å². The van der Waals surface area contributed by atoms with Crippen LogP contribution in [0.5, 0.6) is 0 Å². The van der Waals surface area contributed by atoms with E-state index in [1.807, 2.05) is 0 Å². The average molecular weight is 544 g/mol. The minimum Gasteiger partial charge on any atom is -0.481 e. The molecule has 0 rings (SSSR count). The number of carbonyl (C=O) groups is 2. The third kappa shape index (κ3) is 29.5. The highest BCUT2D eigenvalue weighted by Gasteiger charge is 2.24. The highest BCUT2D eigenvalue weighted by molar-refractivity contribution is 5.71. The number of quaternary nitrogens is 1. The van der Waals surface area contributed by atoms with Gasteiger partial charge in [-0.25, -0.2) is 0 Å². The third-order valence-corrected chi connectivity index (χ3v) is 7.34. The van der Waals surface area contributed by atoms with Gasteiger partial charge in [0, 0.05) is 6.42 Å². The van der Waals surface area contributed by atoms with Crippen molar-refractivity contribution in [2.75, 3.05) is 27.6 Å². The molecule has 0 bridgehead atoms. The SMILES string of the molecule is [2H]C([2H])([2H])[N+](C)(C)CC(CC(=O)O)OC(=O)CCCCCCCCCCCCCCCCCCCCCCCCC. The minimum absolute atomic E-state index is 0.0616. The molecule has 1 N–H and O–H groups in total. The Morgan fingerprint density at radius 2 is 1.00 bits per heavy atom. The average Bonchev–Trinajstić information content (AvgIpc) is 2.87. The molecule has 38 heavy (non-hydrogen) atoms. The fourth-order valence-corrected chi connectivity index (χ4v) is 5.15. The van der Waals surface area contributed by atoms with E-state index in [1.165, 1.54) is 143 Å². The second-order valence-corrected chi connectivity index (χ2v) is 12.1. The Balaban J connectivity index is 3.56. The van der Waals surface area contributed by atoms with Crippen molar-refractivity contribution in [1.29, 1.82) is 0 Å². The molecular weight excluding hydrogens is 474 g/mol. The second-order valence-electron chi connectivity index (χ2n) is 12.1. The molecule has 0 heterocycles. The van der Waals surface area contributed by atoms with Gasteiger partial charge in [-0.2, -0.15) is 0 Å². The summed E-state index contributed by atoms with van der Waals surface area (Å²) in [5.74, 6) is -1.54. The maximum absolute atomic E-state index is 12.2. The maximum Gasteiger partial charge on any atom is 0.307 e. The van der Waals surface area contributed by atoms with Crippen molar-refractivity contribution in [3.63, 3.8) is 0 Å². The van der Waals surface area contributed by atoms with Gasteiger partial charge >= 0.3 is 11.9 Å². The minimum atomic E-state index is -2.31. The number of ether oxygens (including phenoxy) is 1. The first-order chi connectivity index (χ1) is 19.5. The molecule has 0 aromatic carbocycles. The first-order valence-electron chi connectivity index (χ1n) is 17.7. The van der Waals surface area contributed by atoms with Crippen molar-refractivity contribution in [2.45, 2.75) is 174 Å². The molecule has 0 spiro atoms. The van der Waals surface area contributed by atoms with E-state index in [0.717, 1.165) is 19.3 Å². The summed E-state index contributed by atoms with van der Waals surface area (Å²) >= 11 is 0. The van der Waals surface area contributed by atoms with Crippen LogP contribution in [0.1, 0.15) is 172 Å².